The number of aromatic hydroxyl groups is 1. The van der Waals surface area contributed by atoms with Crippen LogP contribution in [0.5, 0.6) is 5.75 Å². The normalized spacial score (nSPS) is 12.3. The summed E-state index contributed by atoms with van der Waals surface area (Å²) < 4.78 is 0. The van der Waals surface area contributed by atoms with Gasteiger partial charge in [0.1, 0.15) is 12.3 Å². The lowest BCUT2D eigenvalue weighted by molar-refractivity contribution is -0.134. The molecule has 0 aliphatic carbocycles. The Morgan fingerprint density at radius 2 is 1.45 bits per heavy atom. The van der Waals surface area contributed by atoms with E-state index in [1.165, 1.54) is 0 Å². The molecule has 0 aliphatic rings. The minimum absolute atomic E-state index is 0.141. The van der Waals surface area contributed by atoms with Crippen molar-refractivity contribution in [2.75, 3.05) is 11.9 Å². The smallest absolute Gasteiger partial charge is 0.322 e. The second-order valence-electron chi connectivity index (χ2n) is 7.17. The van der Waals surface area contributed by atoms with Crippen LogP contribution in [-0.2, 0) is 15.6 Å². The Morgan fingerprint density at radius 3 is 1.75 bits per heavy atom. The second-order valence-corrected chi connectivity index (χ2v) is 7.17. The Labute approximate surface area is 120 Å². The maximum absolute atomic E-state index is 10.7. The monoisotopic (exact) mass is 279 g/mol. The van der Waals surface area contributed by atoms with Gasteiger partial charge in [0.2, 0.25) is 0 Å². The highest BCUT2D eigenvalue weighted by Crippen LogP contribution is 2.40. The molecule has 0 saturated carbocycles. The van der Waals surface area contributed by atoms with Gasteiger partial charge in [-0.2, -0.15) is 0 Å². The number of phenols is 1. The van der Waals surface area contributed by atoms with Gasteiger partial charge in [0.15, 0.2) is 0 Å². The zero-order valence-electron chi connectivity index (χ0n) is 13.2. The van der Waals surface area contributed by atoms with E-state index in [1.54, 1.807) is 0 Å². The van der Waals surface area contributed by atoms with E-state index in [2.05, 4.69) is 5.32 Å². The van der Waals surface area contributed by atoms with Crippen molar-refractivity contribution in [2.45, 2.75) is 52.4 Å². The fourth-order valence-electron chi connectivity index (χ4n) is 2.06. The van der Waals surface area contributed by atoms with Crippen molar-refractivity contribution in [1.29, 1.82) is 0 Å². The standard InChI is InChI=1S/C16H25NO3/c1-15(2,3)11-7-10(17-9-13(18)19)8-12(14(11)20)16(4,5)6/h7-8,17,20H,9H2,1-6H3,(H,18,19). The first-order chi connectivity index (χ1) is 8.93. The predicted molar refractivity (Wildman–Crippen MR) is 81.6 cm³/mol. The third kappa shape index (κ3) is 3.89. The maximum atomic E-state index is 10.7. The third-order valence-electron chi connectivity index (χ3n) is 3.17. The van der Waals surface area contributed by atoms with E-state index in [-0.39, 0.29) is 17.4 Å². The highest BCUT2D eigenvalue weighted by atomic mass is 16.4. The number of carboxylic acids is 1. The van der Waals surface area contributed by atoms with Gasteiger partial charge in [0.05, 0.1) is 0 Å². The summed E-state index contributed by atoms with van der Waals surface area (Å²) in [4.78, 5) is 10.7. The molecule has 4 heteroatoms. The Morgan fingerprint density at radius 1 is 1.05 bits per heavy atom. The summed E-state index contributed by atoms with van der Waals surface area (Å²) in [5.41, 5.74) is 1.92. The van der Waals surface area contributed by atoms with Gasteiger partial charge in [0, 0.05) is 16.8 Å². The second kappa shape index (κ2) is 5.35. The summed E-state index contributed by atoms with van der Waals surface area (Å²) in [5, 5.41) is 22.2. The van der Waals surface area contributed by atoms with Gasteiger partial charge in [-0.25, -0.2) is 0 Å². The molecule has 1 rings (SSSR count). The molecule has 0 fully saturated rings. The molecule has 0 bridgehead atoms. The number of hydrogen-bond acceptors (Lipinski definition) is 3. The first-order valence-electron chi connectivity index (χ1n) is 6.76. The number of hydrogen-bond donors (Lipinski definition) is 3. The zero-order valence-corrected chi connectivity index (χ0v) is 13.2. The van der Waals surface area contributed by atoms with Crippen LogP contribution >= 0.6 is 0 Å². The molecule has 0 atom stereocenters. The molecule has 1 aromatic carbocycles. The third-order valence-corrected chi connectivity index (χ3v) is 3.17. The number of phenolic OH excluding ortho intramolecular Hbond substituents is 1. The minimum Gasteiger partial charge on any atom is -0.507 e. The molecule has 1 aromatic rings. The summed E-state index contributed by atoms with van der Waals surface area (Å²) >= 11 is 0. The molecular weight excluding hydrogens is 254 g/mol. The van der Waals surface area contributed by atoms with Crippen molar-refractivity contribution in [3.05, 3.63) is 23.3 Å². The average molecular weight is 279 g/mol. The lowest BCUT2D eigenvalue weighted by Crippen LogP contribution is -2.19. The van der Waals surface area contributed by atoms with Crippen LogP contribution in [0.25, 0.3) is 0 Å². The van der Waals surface area contributed by atoms with Gasteiger partial charge in [-0.05, 0) is 23.0 Å². The van der Waals surface area contributed by atoms with Crippen molar-refractivity contribution < 1.29 is 15.0 Å². The van der Waals surface area contributed by atoms with Gasteiger partial charge < -0.3 is 15.5 Å². The number of rotatable bonds is 3. The summed E-state index contributed by atoms with van der Waals surface area (Å²) in [6, 6.07) is 3.65. The van der Waals surface area contributed by atoms with E-state index < -0.39 is 5.97 Å². The van der Waals surface area contributed by atoms with Gasteiger partial charge in [0.25, 0.3) is 0 Å². The van der Waals surface area contributed by atoms with Crippen LogP contribution < -0.4 is 5.32 Å². The van der Waals surface area contributed by atoms with Gasteiger partial charge in [-0.1, -0.05) is 41.5 Å². The van der Waals surface area contributed by atoms with Gasteiger partial charge in [-0.3, -0.25) is 4.79 Å². The van der Waals surface area contributed by atoms with Crippen LogP contribution in [0.2, 0.25) is 0 Å². The van der Waals surface area contributed by atoms with E-state index in [4.69, 9.17) is 5.11 Å². The fourth-order valence-corrected chi connectivity index (χ4v) is 2.06. The average Bonchev–Trinajstić information content (AvgIpc) is 2.24. The Hall–Kier alpha value is -1.71. The number of carboxylic acid groups (broad SMARTS) is 1. The Kier molecular flexibility index (Phi) is 4.37. The van der Waals surface area contributed by atoms with E-state index in [1.807, 2.05) is 53.7 Å². The molecule has 112 valence electrons. The van der Waals surface area contributed by atoms with Crippen LogP contribution in [0.3, 0.4) is 0 Å². The van der Waals surface area contributed by atoms with Crippen molar-refractivity contribution in [3.8, 4) is 5.75 Å². The molecule has 0 radical (unpaired) electrons. The quantitative estimate of drug-likeness (QED) is 0.741. The number of carbonyl (C=O) groups is 1. The molecule has 0 aliphatic heterocycles. The largest absolute Gasteiger partial charge is 0.507 e. The molecule has 0 saturated heterocycles. The lowest BCUT2D eigenvalue weighted by Gasteiger charge is -2.28. The number of benzene rings is 1. The molecular formula is C16H25NO3. The highest BCUT2D eigenvalue weighted by Gasteiger charge is 2.26. The molecule has 0 spiro atoms. The minimum atomic E-state index is -0.910. The van der Waals surface area contributed by atoms with E-state index in [9.17, 15) is 9.90 Å². The van der Waals surface area contributed by atoms with Crippen LogP contribution in [0.1, 0.15) is 52.7 Å². The molecule has 0 aromatic heterocycles. The number of aliphatic carboxylic acids is 1. The zero-order chi connectivity index (χ0) is 15.7. The van der Waals surface area contributed by atoms with Gasteiger partial charge in [-0.15, -0.1) is 0 Å². The summed E-state index contributed by atoms with van der Waals surface area (Å²) in [7, 11) is 0. The summed E-state index contributed by atoms with van der Waals surface area (Å²) in [6.45, 7) is 12.0. The maximum Gasteiger partial charge on any atom is 0.322 e. The molecule has 20 heavy (non-hydrogen) atoms. The summed E-state index contributed by atoms with van der Waals surface area (Å²) in [5.74, 6) is -0.612. The number of nitrogens with one attached hydrogen (secondary N) is 1. The molecule has 3 N–H and O–H groups in total. The SMILES string of the molecule is CC(C)(C)c1cc(NCC(=O)O)cc(C(C)(C)C)c1O. The van der Waals surface area contributed by atoms with Crippen molar-refractivity contribution in [2.24, 2.45) is 0 Å². The lowest BCUT2D eigenvalue weighted by atomic mass is 9.79. The topological polar surface area (TPSA) is 69.6 Å². The van der Waals surface area contributed by atoms with Gasteiger partial charge >= 0.3 is 5.97 Å². The van der Waals surface area contributed by atoms with Crippen LogP contribution in [0.4, 0.5) is 5.69 Å². The van der Waals surface area contributed by atoms with Crippen LogP contribution in [0.15, 0.2) is 12.1 Å². The highest BCUT2D eigenvalue weighted by molar-refractivity contribution is 5.73. The molecule has 0 heterocycles. The molecule has 0 amide bonds. The molecule has 0 unspecified atom stereocenters. The van der Waals surface area contributed by atoms with E-state index >= 15 is 0 Å². The van der Waals surface area contributed by atoms with Crippen molar-refractivity contribution in [1.82, 2.24) is 0 Å². The van der Waals surface area contributed by atoms with Crippen LogP contribution in [-0.4, -0.2) is 22.7 Å². The van der Waals surface area contributed by atoms with Crippen molar-refractivity contribution in [3.63, 3.8) is 0 Å². The first-order valence-corrected chi connectivity index (χ1v) is 6.76. The van der Waals surface area contributed by atoms with E-state index in [0.717, 1.165) is 16.8 Å². The first kappa shape index (κ1) is 16.3. The van der Waals surface area contributed by atoms with Crippen molar-refractivity contribution >= 4 is 11.7 Å². The Balaban J connectivity index is 3.38. The van der Waals surface area contributed by atoms with E-state index in [0.29, 0.717) is 5.75 Å². The fraction of sp³-hybridized carbons (Fsp3) is 0.562. The predicted octanol–water partition coefficient (Wildman–Crippen LogP) is 3.48. The summed E-state index contributed by atoms with van der Waals surface area (Å²) in [6.07, 6.45) is 0. The number of anilines is 1. The van der Waals surface area contributed by atoms with Crippen LogP contribution in [0, 0.1) is 0 Å². The molecule has 4 nitrogen and oxygen atoms in total. The Bertz CT molecular complexity index is 472.